The van der Waals surface area contributed by atoms with Gasteiger partial charge in [0, 0.05) is 13.5 Å². The number of nitrogens with zero attached hydrogens (tertiary/aromatic N) is 5. The predicted molar refractivity (Wildman–Crippen MR) is 145 cm³/mol. The molecule has 190 valence electrons. The quantitative estimate of drug-likeness (QED) is 0.310. The van der Waals surface area contributed by atoms with Crippen LogP contribution in [0.15, 0.2) is 69.5 Å². The summed E-state index contributed by atoms with van der Waals surface area (Å²) in [6.07, 6.45) is 0.640. The molecule has 0 fully saturated rings. The number of hydrogen-bond acceptors (Lipinski definition) is 9. The van der Waals surface area contributed by atoms with Crippen molar-refractivity contribution < 1.29 is 14.3 Å². The average Bonchev–Trinajstić information content (AvgIpc) is 3.73. The smallest absolute Gasteiger partial charge is 0.261 e. The number of thiophene rings is 2. The third-order valence-electron chi connectivity index (χ3n) is 5.87. The van der Waals surface area contributed by atoms with E-state index in [9.17, 15) is 9.59 Å². The summed E-state index contributed by atoms with van der Waals surface area (Å²) >= 11 is 4.29. The molecular formula is C25H24N6O3S3. The Morgan fingerprint density at radius 1 is 1.11 bits per heavy atom. The zero-order chi connectivity index (χ0) is 25.8. The maximum absolute atomic E-state index is 13.4. The summed E-state index contributed by atoms with van der Waals surface area (Å²) in [6.45, 7) is 0.245. The van der Waals surface area contributed by atoms with E-state index in [4.69, 9.17) is 9.84 Å². The van der Waals surface area contributed by atoms with E-state index >= 15 is 0 Å². The Hall–Kier alpha value is -3.48. The fourth-order valence-electron chi connectivity index (χ4n) is 3.89. The van der Waals surface area contributed by atoms with Gasteiger partial charge in [-0.1, -0.05) is 36.0 Å². The first-order valence-corrected chi connectivity index (χ1v) is 14.2. The normalized spacial score (nSPS) is 15.0. The van der Waals surface area contributed by atoms with Crippen LogP contribution < -0.4 is 10.1 Å². The Balaban J connectivity index is 1.26. The molecule has 1 aliphatic heterocycles. The van der Waals surface area contributed by atoms with E-state index in [-0.39, 0.29) is 30.2 Å². The Morgan fingerprint density at radius 3 is 2.59 bits per heavy atom. The van der Waals surface area contributed by atoms with Gasteiger partial charge in [-0.15, -0.1) is 32.9 Å². The van der Waals surface area contributed by atoms with Crippen molar-refractivity contribution in [3.05, 3.63) is 80.4 Å². The number of hydrogen-bond donors (Lipinski definition) is 1. The molecule has 0 bridgehead atoms. The highest BCUT2D eigenvalue weighted by Gasteiger charge is 2.33. The molecule has 1 atom stereocenters. The van der Waals surface area contributed by atoms with Crippen LogP contribution in [0.1, 0.15) is 38.4 Å². The first-order valence-electron chi connectivity index (χ1n) is 11.4. The highest BCUT2D eigenvalue weighted by molar-refractivity contribution is 7.99. The third kappa shape index (κ3) is 5.60. The molecule has 3 aromatic heterocycles. The van der Waals surface area contributed by atoms with Crippen LogP contribution in [0.5, 0.6) is 5.75 Å². The first kappa shape index (κ1) is 25.2. The standard InChI is InChI=1S/C25H24N6O3S3/c1-30-22(14-26-24(33)21-6-4-12-36-21)27-28-25(30)37-15-23(32)31-19(16-7-9-17(34-2)10-8-16)13-18(29-31)20-5-3-11-35-20/h3-12,19H,13-15H2,1-2H3,(H,26,33)/t19-/m0/s1. The molecule has 0 saturated carbocycles. The van der Waals surface area contributed by atoms with E-state index in [1.165, 1.54) is 23.1 Å². The SMILES string of the molecule is COc1ccc([C@@H]2CC(c3cccs3)=NN2C(=O)CSc2nnc(CNC(=O)c3cccs3)n2C)cc1. The Kier molecular flexibility index (Phi) is 7.68. The summed E-state index contributed by atoms with van der Waals surface area (Å²) in [5.41, 5.74) is 1.90. The first-order chi connectivity index (χ1) is 18.0. The van der Waals surface area contributed by atoms with Gasteiger partial charge in [0.05, 0.1) is 40.9 Å². The van der Waals surface area contributed by atoms with Crippen molar-refractivity contribution in [1.29, 1.82) is 0 Å². The van der Waals surface area contributed by atoms with Gasteiger partial charge in [0.25, 0.3) is 11.8 Å². The van der Waals surface area contributed by atoms with Crippen LogP contribution in [-0.4, -0.2) is 50.2 Å². The number of hydrazone groups is 1. The molecule has 0 aliphatic carbocycles. The fourth-order valence-corrected chi connectivity index (χ4v) is 6.03. The van der Waals surface area contributed by atoms with E-state index in [2.05, 4.69) is 15.5 Å². The van der Waals surface area contributed by atoms with Crippen molar-refractivity contribution in [1.82, 2.24) is 25.1 Å². The van der Waals surface area contributed by atoms with Gasteiger partial charge in [0.15, 0.2) is 11.0 Å². The largest absolute Gasteiger partial charge is 0.497 e. The maximum atomic E-state index is 13.4. The summed E-state index contributed by atoms with van der Waals surface area (Å²) < 4.78 is 7.08. The second-order valence-corrected chi connectivity index (χ2v) is 11.0. The molecule has 0 spiro atoms. The third-order valence-corrected chi connectivity index (χ3v) is 8.67. The molecule has 12 heteroatoms. The lowest BCUT2D eigenvalue weighted by molar-refractivity contribution is -0.130. The summed E-state index contributed by atoms with van der Waals surface area (Å²) in [5.74, 6) is 1.25. The average molecular weight is 553 g/mol. The van der Waals surface area contributed by atoms with Gasteiger partial charge in [0.2, 0.25) is 0 Å². The maximum Gasteiger partial charge on any atom is 0.261 e. The molecule has 4 aromatic rings. The number of amides is 2. The highest BCUT2D eigenvalue weighted by atomic mass is 32.2. The summed E-state index contributed by atoms with van der Waals surface area (Å²) in [4.78, 5) is 27.3. The van der Waals surface area contributed by atoms with Crippen LogP contribution in [0.3, 0.4) is 0 Å². The van der Waals surface area contributed by atoms with Crippen LogP contribution in [0.2, 0.25) is 0 Å². The van der Waals surface area contributed by atoms with Crippen molar-refractivity contribution in [3.8, 4) is 5.75 Å². The van der Waals surface area contributed by atoms with E-state index in [0.717, 1.165) is 21.9 Å². The van der Waals surface area contributed by atoms with Crippen molar-refractivity contribution in [2.45, 2.75) is 24.2 Å². The number of aromatic nitrogens is 3. The predicted octanol–water partition coefficient (Wildman–Crippen LogP) is 4.35. The van der Waals surface area contributed by atoms with Crippen molar-refractivity contribution >= 4 is 52.0 Å². The molecule has 1 aliphatic rings. The van der Waals surface area contributed by atoms with E-state index in [1.807, 2.05) is 60.3 Å². The lowest BCUT2D eigenvalue weighted by Gasteiger charge is -2.22. The van der Waals surface area contributed by atoms with E-state index in [1.54, 1.807) is 34.1 Å². The van der Waals surface area contributed by atoms with Gasteiger partial charge in [-0.2, -0.15) is 5.10 Å². The monoisotopic (exact) mass is 552 g/mol. The number of thioether (sulfide) groups is 1. The van der Waals surface area contributed by atoms with Gasteiger partial charge >= 0.3 is 0 Å². The topological polar surface area (TPSA) is 102 Å². The van der Waals surface area contributed by atoms with Crippen LogP contribution in [-0.2, 0) is 18.4 Å². The highest BCUT2D eigenvalue weighted by Crippen LogP contribution is 2.35. The lowest BCUT2D eigenvalue weighted by atomic mass is 10.0. The molecule has 5 rings (SSSR count). The van der Waals surface area contributed by atoms with Crippen molar-refractivity contribution in [2.24, 2.45) is 12.1 Å². The Labute approximate surface area is 226 Å². The summed E-state index contributed by atoms with van der Waals surface area (Å²) in [7, 11) is 3.45. The lowest BCUT2D eigenvalue weighted by Crippen LogP contribution is -2.28. The zero-order valence-electron chi connectivity index (χ0n) is 20.2. The molecule has 0 unspecified atom stereocenters. The number of benzene rings is 1. The Morgan fingerprint density at radius 2 is 1.89 bits per heavy atom. The van der Waals surface area contributed by atoms with Gasteiger partial charge in [-0.3, -0.25) is 9.59 Å². The molecule has 0 radical (unpaired) electrons. The number of nitrogens with one attached hydrogen (secondary N) is 1. The van der Waals surface area contributed by atoms with E-state index < -0.39 is 0 Å². The van der Waals surface area contributed by atoms with Crippen molar-refractivity contribution in [2.75, 3.05) is 12.9 Å². The second-order valence-electron chi connectivity index (χ2n) is 8.16. The molecule has 4 heterocycles. The van der Waals surface area contributed by atoms with Crippen LogP contribution in [0.25, 0.3) is 0 Å². The number of carbonyl (C=O) groups is 2. The molecule has 1 aromatic carbocycles. The summed E-state index contributed by atoms with van der Waals surface area (Å²) in [5, 5.41) is 22.0. The van der Waals surface area contributed by atoms with Gasteiger partial charge in [-0.25, -0.2) is 5.01 Å². The van der Waals surface area contributed by atoms with Gasteiger partial charge in [0.1, 0.15) is 5.75 Å². The minimum absolute atomic E-state index is 0.118. The number of carbonyl (C=O) groups excluding carboxylic acids is 2. The molecule has 9 nitrogen and oxygen atoms in total. The van der Waals surface area contributed by atoms with E-state index in [0.29, 0.717) is 22.3 Å². The van der Waals surface area contributed by atoms with Crippen LogP contribution >= 0.6 is 34.4 Å². The Bertz CT molecular complexity index is 1400. The molecular weight excluding hydrogens is 529 g/mol. The minimum atomic E-state index is -0.196. The molecule has 1 N–H and O–H groups in total. The number of ether oxygens (including phenoxy) is 1. The fraction of sp³-hybridized carbons (Fsp3) is 0.240. The van der Waals surface area contributed by atoms with Gasteiger partial charge in [-0.05, 0) is 40.6 Å². The number of rotatable bonds is 9. The van der Waals surface area contributed by atoms with Crippen LogP contribution in [0.4, 0.5) is 0 Å². The second kappa shape index (κ2) is 11.3. The molecule has 2 amide bonds. The molecule has 37 heavy (non-hydrogen) atoms. The van der Waals surface area contributed by atoms with Crippen molar-refractivity contribution in [3.63, 3.8) is 0 Å². The van der Waals surface area contributed by atoms with Gasteiger partial charge < -0.3 is 14.6 Å². The summed E-state index contributed by atoms with van der Waals surface area (Å²) in [6, 6.07) is 15.2. The minimum Gasteiger partial charge on any atom is -0.497 e. The van der Waals surface area contributed by atoms with Crippen LogP contribution in [0, 0.1) is 0 Å². The zero-order valence-corrected chi connectivity index (χ0v) is 22.6. The number of methoxy groups -OCH3 is 1. The molecule has 0 saturated heterocycles.